The van der Waals surface area contributed by atoms with Crippen LogP contribution >= 0.6 is 0 Å². The maximum Gasteiger partial charge on any atom is 0.323 e. The minimum atomic E-state index is -0.0728. The van der Waals surface area contributed by atoms with Crippen molar-refractivity contribution in [2.24, 2.45) is 0 Å². The summed E-state index contributed by atoms with van der Waals surface area (Å²) in [5.74, 6) is 0.850. The third kappa shape index (κ3) is 5.54. The lowest BCUT2D eigenvalue weighted by Crippen LogP contribution is -2.27. The largest absolute Gasteiger partial charge is 0.464 e. The van der Waals surface area contributed by atoms with Crippen molar-refractivity contribution >= 4 is 11.9 Å². The van der Waals surface area contributed by atoms with Gasteiger partial charge in [0, 0.05) is 20.3 Å². The van der Waals surface area contributed by atoms with Crippen molar-refractivity contribution in [3.8, 4) is 6.01 Å². The Hall–Kier alpha value is -1.67. The van der Waals surface area contributed by atoms with Gasteiger partial charge in [-0.15, -0.1) is 0 Å². The Morgan fingerprint density at radius 1 is 1.20 bits per heavy atom. The molecular weight excluding hydrogens is 262 g/mol. The number of anilines is 2. The van der Waals surface area contributed by atoms with E-state index in [1.807, 2.05) is 13.8 Å². The molecule has 20 heavy (non-hydrogen) atoms. The van der Waals surface area contributed by atoms with Crippen molar-refractivity contribution in [2.75, 3.05) is 44.1 Å². The van der Waals surface area contributed by atoms with E-state index in [1.165, 1.54) is 0 Å². The van der Waals surface area contributed by atoms with Crippen LogP contribution in [0.25, 0.3) is 0 Å². The molecule has 0 spiro atoms. The summed E-state index contributed by atoms with van der Waals surface area (Å²) in [5.41, 5.74) is 0. The van der Waals surface area contributed by atoms with Gasteiger partial charge in [-0.3, -0.25) is 0 Å². The molecule has 0 fully saturated rings. The molecule has 8 nitrogen and oxygen atoms in total. The number of ether oxygens (including phenoxy) is 2. The molecular formula is C12H23N5O3. The van der Waals surface area contributed by atoms with Crippen LogP contribution in [-0.2, 0) is 4.74 Å². The van der Waals surface area contributed by atoms with Gasteiger partial charge in [-0.25, -0.2) is 0 Å². The fourth-order valence-corrected chi connectivity index (χ4v) is 1.59. The van der Waals surface area contributed by atoms with Crippen LogP contribution in [0.1, 0.15) is 20.3 Å². The molecule has 0 aliphatic carbocycles. The van der Waals surface area contributed by atoms with Gasteiger partial charge in [-0.2, -0.15) is 15.0 Å². The molecule has 1 heterocycles. The lowest BCUT2D eigenvalue weighted by molar-refractivity contribution is 0.170. The van der Waals surface area contributed by atoms with E-state index >= 15 is 0 Å². The van der Waals surface area contributed by atoms with Gasteiger partial charge >= 0.3 is 6.01 Å². The SMILES string of the molecule is CCNc1nc(NC(CCO)COC)nc(OCC)n1. The summed E-state index contributed by atoms with van der Waals surface area (Å²) in [6, 6.07) is 0.192. The topological polar surface area (TPSA) is 101 Å². The lowest BCUT2D eigenvalue weighted by atomic mass is 10.2. The maximum atomic E-state index is 9.03. The van der Waals surface area contributed by atoms with E-state index in [4.69, 9.17) is 14.6 Å². The highest BCUT2D eigenvalue weighted by atomic mass is 16.5. The molecule has 1 atom stereocenters. The van der Waals surface area contributed by atoms with Gasteiger partial charge in [0.1, 0.15) is 0 Å². The molecule has 1 aromatic heterocycles. The Bertz CT molecular complexity index is 361. The quantitative estimate of drug-likeness (QED) is 0.571. The minimum Gasteiger partial charge on any atom is -0.464 e. The fourth-order valence-electron chi connectivity index (χ4n) is 1.59. The Kier molecular flexibility index (Phi) is 7.59. The van der Waals surface area contributed by atoms with Crippen LogP contribution in [0.4, 0.5) is 11.9 Å². The van der Waals surface area contributed by atoms with Crippen molar-refractivity contribution in [2.45, 2.75) is 26.3 Å². The molecule has 114 valence electrons. The molecule has 0 radical (unpaired) electrons. The molecule has 8 heteroatoms. The predicted molar refractivity (Wildman–Crippen MR) is 76.1 cm³/mol. The summed E-state index contributed by atoms with van der Waals surface area (Å²) in [6.45, 7) is 5.51. The van der Waals surface area contributed by atoms with E-state index in [9.17, 15) is 0 Å². The number of aliphatic hydroxyl groups excluding tert-OH is 1. The van der Waals surface area contributed by atoms with Crippen molar-refractivity contribution < 1.29 is 14.6 Å². The van der Waals surface area contributed by atoms with Gasteiger partial charge in [0.2, 0.25) is 11.9 Å². The molecule has 1 unspecified atom stereocenters. The zero-order valence-corrected chi connectivity index (χ0v) is 12.2. The van der Waals surface area contributed by atoms with Crippen LogP contribution in [-0.4, -0.2) is 59.6 Å². The first kappa shape index (κ1) is 16.4. The van der Waals surface area contributed by atoms with E-state index in [2.05, 4.69) is 25.6 Å². The number of aromatic nitrogens is 3. The molecule has 1 aromatic rings. The zero-order chi connectivity index (χ0) is 14.8. The highest BCUT2D eigenvalue weighted by molar-refractivity contribution is 5.36. The summed E-state index contributed by atoms with van der Waals surface area (Å²) in [5, 5.41) is 15.2. The third-order valence-electron chi connectivity index (χ3n) is 2.40. The van der Waals surface area contributed by atoms with Crippen LogP contribution in [0.5, 0.6) is 6.01 Å². The Labute approximate surface area is 118 Å². The van der Waals surface area contributed by atoms with Gasteiger partial charge < -0.3 is 25.2 Å². The number of nitrogens with zero attached hydrogens (tertiary/aromatic N) is 3. The van der Waals surface area contributed by atoms with Crippen LogP contribution < -0.4 is 15.4 Å². The summed E-state index contributed by atoms with van der Waals surface area (Å²) in [4.78, 5) is 12.6. The Morgan fingerprint density at radius 3 is 2.55 bits per heavy atom. The predicted octanol–water partition coefficient (Wildman–Crippen LogP) is 0.511. The fraction of sp³-hybridized carbons (Fsp3) is 0.750. The number of hydrogen-bond donors (Lipinski definition) is 3. The number of hydrogen-bond acceptors (Lipinski definition) is 8. The average molecular weight is 285 g/mol. The molecule has 0 saturated heterocycles. The van der Waals surface area contributed by atoms with Gasteiger partial charge in [-0.1, -0.05) is 0 Å². The van der Waals surface area contributed by atoms with E-state index < -0.39 is 0 Å². The minimum absolute atomic E-state index is 0.0600. The second-order valence-electron chi connectivity index (χ2n) is 4.04. The third-order valence-corrected chi connectivity index (χ3v) is 2.40. The molecule has 0 aromatic carbocycles. The highest BCUT2D eigenvalue weighted by Crippen LogP contribution is 2.12. The summed E-state index contributed by atoms with van der Waals surface area (Å²) < 4.78 is 10.4. The van der Waals surface area contributed by atoms with Crippen LogP contribution in [0, 0.1) is 0 Å². The lowest BCUT2D eigenvalue weighted by Gasteiger charge is -2.17. The van der Waals surface area contributed by atoms with Crippen LogP contribution in [0.15, 0.2) is 0 Å². The van der Waals surface area contributed by atoms with Crippen molar-refractivity contribution in [1.82, 2.24) is 15.0 Å². The monoisotopic (exact) mass is 285 g/mol. The van der Waals surface area contributed by atoms with Crippen molar-refractivity contribution in [3.05, 3.63) is 0 Å². The molecule has 3 N–H and O–H groups in total. The van der Waals surface area contributed by atoms with E-state index in [-0.39, 0.29) is 18.7 Å². The Morgan fingerprint density at radius 2 is 1.95 bits per heavy atom. The molecule has 0 bridgehead atoms. The first-order valence-electron chi connectivity index (χ1n) is 6.72. The second kappa shape index (κ2) is 9.27. The first-order valence-corrected chi connectivity index (χ1v) is 6.72. The van der Waals surface area contributed by atoms with Gasteiger partial charge in [0.15, 0.2) is 0 Å². The van der Waals surface area contributed by atoms with Gasteiger partial charge in [0.05, 0.1) is 19.3 Å². The maximum absolute atomic E-state index is 9.03. The Balaban J connectivity index is 2.84. The van der Waals surface area contributed by atoms with Crippen LogP contribution in [0.2, 0.25) is 0 Å². The van der Waals surface area contributed by atoms with Crippen molar-refractivity contribution in [1.29, 1.82) is 0 Å². The molecule has 0 saturated carbocycles. The van der Waals surface area contributed by atoms with E-state index in [0.717, 1.165) is 0 Å². The number of aliphatic hydroxyl groups is 1. The molecule has 0 amide bonds. The summed E-state index contributed by atoms with van der Waals surface area (Å²) >= 11 is 0. The summed E-state index contributed by atoms with van der Waals surface area (Å²) in [6.07, 6.45) is 0.542. The number of methoxy groups -OCH3 is 1. The van der Waals surface area contributed by atoms with E-state index in [0.29, 0.717) is 38.1 Å². The molecule has 0 aliphatic rings. The van der Waals surface area contributed by atoms with E-state index in [1.54, 1.807) is 7.11 Å². The standard InChI is InChI=1S/C12H23N5O3/c1-4-13-10-15-11(17-12(16-10)20-5-2)14-9(6-7-18)8-19-3/h9,18H,4-8H2,1-3H3,(H2,13,14,15,16,17). The number of rotatable bonds is 10. The molecule has 0 aliphatic heterocycles. The molecule has 1 rings (SSSR count). The van der Waals surface area contributed by atoms with Gasteiger partial charge in [0.25, 0.3) is 0 Å². The second-order valence-corrected chi connectivity index (χ2v) is 4.04. The average Bonchev–Trinajstić information content (AvgIpc) is 2.40. The summed E-state index contributed by atoms with van der Waals surface area (Å²) in [7, 11) is 1.61. The van der Waals surface area contributed by atoms with Gasteiger partial charge in [-0.05, 0) is 20.3 Å². The number of nitrogens with one attached hydrogen (secondary N) is 2. The van der Waals surface area contributed by atoms with Crippen molar-refractivity contribution in [3.63, 3.8) is 0 Å². The normalized spacial score (nSPS) is 12.0. The first-order chi connectivity index (χ1) is 9.73. The highest BCUT2D eigenvalue weighted by Gasteiger charge is 2.12. The van der Waals surface area contributed by atoms with Crippen LogP contribution in [0.3, 0.4) is 0 Å². The smallest absolute Gasteiger partial charge is 0.323 e. The zero-order valence-electron chi connectivity index (χ0n) is 12.2.